The summed E-state index contributed by atoms with van der Waals surface area (Å²) < 4.78 is 10.3. The maximum absolute atomic E-state index is 12.4. The van der Waals surface area contributed by atoms with Crippen LogP contribution in [0.1, 0.15) is 15.9 Å². The number of nitrogens with zero attached hydrogens (tertiary/aromatic N) is 1. The number of benzene rings is 2. The van der Waals surface area contributed by atoms with Crippen LogP contribution >= 0.6 is 0 Å². The van der Waals surface area contributed by atoms with Crippen molar-refractivity contribution in [2.45, 2.75) is 12.5 Å². The molecule has 0 radical (unpaired) electrons. The van der Waals surface area contributed by atoms with Gasteiger partial charge in [0.2, 0.25) is 5.91 Å². The van der Waals surface area contributed by atoms with Gasteiger partial charge in [-0.05, 0) is 42.3 Å². The lowest BCUT2D eigenvalue weighted by Gasteiger charge is -2.16. The summed E-state index contributed by atoms with van der Waals surface area (Å²) in [5.41, 5.74) is 7.80. The Bertz CT molecular complexity index is 803. The largest absolute Gasteiger partial charge is 0.497 e. The van der Waals surface area contributed by atoms with Crippen molar-refractivity contribution in [2.75, 3.05) is 33.6 Å². The lowest BCUT2D eigenvalue weighted by Crippen LogP contribution is -2.37. The van der Waals surface area contributed by atoms with Gasteiger partial charge in [-0.1, -0.05) is 12.1 Å². The molecule has 0 unspecified atom stereocenters. The highest BCUT2D eigenvalue weighted by atomic mass is 16.5. The van der Waals surface area contributed by atoms with E-state index in [4.69, 9.17) is 15.2 Å². The van der Waals surface area contributed by atoms with Gasteiger partial charge in [0.15, 0.2) is 0 Å². The Morgan fingerprint density at radius 3 is 2.30 bits per heavy atom. The van der Waals surface area contributed by atoms with Crippen LogP contribution in [-0.2, 0) is 11.2 Å². The van der Waals surface area contributed by atoms with Crippen LogP contribution in [0, 0.1) is 0 Å². The molecule has 2 amide bonds. The number of carbonyl (C=O) groups is 2. The molecule has 27 heavy (non-hydrogen) atoms. The molecule has 3 N–H and O–H groups in total. The zero-order chi connectivity index (χ0) is 20.0. The summed E-state index contributed by atoms with van der Waals surface area (Å²) in [6.07, 6.45) is 0.384. The van der Waals surface area contributed by atoms with E-state index in [9.17, 15) is 9.59 Å². The van der Waals surface area contributed by atoms with Crippen molar-refractivity contribution in [1.29, 1.82) is 0 Å². The lowest BCUT2D eigenvalue weighted by atomic mass is 10.1. The fourth-order valence-corrected chi connectivity index (χ4v) is 2.54. The van der Waals surface area contributed by atoms with Gasteiger partial charge < -0.3 is 25.4 Å². The third kappa shape index (κ3) is 5.21. The highest BCUT2D eigenvalue weighted by molar-refractivity contribution is 6.00. The Morgan fingerprint density at radius 1 is 1.07 bits per heavy atom. The van der Waals surface area contributed by atoms with E-state index >= 15 is 0 Å². The molecule has 0 saturated heterocycles. The van der Waals surface area contributed by atoms with E-state index in [1.165, 1.54) is 12.0 Å². The maximum Gasteiger partial charge on any atom is 0.257 e. The molecule has 7 heteroatoms. The fourth-order valence-electron chi connectivity index (χ4n) is 2.54. The van der Waals surface area contributed by atoms with Crippen LogP contribution < -0.4 is 20.5 Å². The molecule has 0 bridgehead atoms. The monoisotopic (exact) mass is 371 g/mol. The van der Waals surface area contributed by atoms with Gasteiger partial charge in [0.1, 0.15) is 11.5 Å². The van der Waals surface area contributed by atoms with E-state index in [1.54, 1.807) is 39.4 Å². The quantitative estimate of drug-likeness (QED) is 0.775. The Hall–Kier alpha value is -3.06. The molecule has 0 spiro atoms. The summed E-state index contributed by atoms with van der Waals surface area (Å²) in [5.74, 6) is 0.632. The van der Waals surface area contributed by atoms with Gasteiger partial charge >= 0.3 is 0 Å². The molecule has 0 aliphatic rings. The Balaban J connectivity index is 2.09. The second kappa shape index (κ2) is 9.05. The maximum atomic E-state index is 12.4. The molecule has 0 saturated carbocycles. The molecule has 2 rings (SSSR count). The molecular formula is C20H25N3O4. The molecule has 2 aromatic carbocycles. The predicted octanol–water partition coefficient (Wildman–Crippen LogP) is 1.91. The van der Waals surface area contributed by atoms with E-state index in [0.29, 0.717) is 23.4 Å². The minimum absolute atomic E-state index is 0.217. The van der Waals surface area contributed by atoms with Crippen molar-refractivity contribution in [2.24, 2.45) is 5.73 Å². The number of nitrogens with one attached hydrogen (secondary N) is 1. The number of ether oxygens (including phenoxy) is 2. The van der Waals surface area contributed by atoms with Crippen LogP contribution in [0.15, 0.2) is 42.5 Å². The Kier molecular flexibility index (Phi) is 6.79. The number of carbonyl (C=O) groups excluding carboxylic acids is 2. The van der Waals surface area contributed by atoms with Gasteiger partial charge in [-0.25, -0.2) is 0 Å². The van der Waals surface area contributed by atoms with Crippen molar-refractivity contribution in [3.8, 4) is 11.5 Å². The highest BCUT2D eigenvalue weighted by Gasteiger charge is 2.18. The Labute approximate surface area is 159 Å². The molecule has 0 aliphatic carbocycles. The summed E-state index contributed by atoms with van der Waals surface area (Å²) in [6.45, 7) is 0. The van der Waals surface area contributed by atoms with Gasteiger partial charge in [0, 0.05) is 19.8 Å². The lowest BCUT2D eigenvalue weighted by molar-refractivity contribution is -0.117. The van der Waals surface area contributed by atoms with Crippen LogP contribution in [0.2, 0.25) is 0 Å². The minimum atomic E-state index is -0.728. The fraction of sp³-hybridized carbons (Fsp3) is 0.300. The number of rotatable bonds is 7. The first-order valence-corrected chi connectivity index (χ1v) is 8.44. The van der Waals surface area contributed by atoms with Crippen molar-refractivity contribution >= 4 is 17.5 Å². The second-order valence-corrected chi connectivity index (χ2v) is 6.26. The predicted molar refractivity (Wildman–Crippen MR) is 104 cm³/mol. The number of hydrogen-bond acceptors (Lipinski definition) is 5. The van der Waals surface area contributed by atoms with Crippen LogP contribution in [0.4, 0.5) is 5.69 Å². The molecule has 2 aromatic rings. The van der Waals surface area contributed by atoms with E-state index < -0.39 is 6.04 Å². The average Bonchev–Trinajstić information content (AvgIpc) is 2.67. The van der Waals surface area contributed by atoms with Crippen LogP contribution in [0.5, 0.6) is 11.5 Å². The zero-order valence-corrected chi connectivity index (χ0v) is 16.0. The standard InChI is InChI=1S/C20H25N3O4/c1-23(2)20(25)16-12-14(7-10-18(16)27-4)22-19(24)17(21)11-13-5-8-15(26-3)9-6-13/h5-10,12,17H,11,21H2,1-4H3,(H,22,24)/t17-/m0/s1. The second-order valence-electron chi connectivity index (χ2n) is 6.26. The first-order valence-electron chi connectivity index (χ1n) is 8.44. The highest BCUT2D eigenvalue weighted by Crippen LogP contribution is 2.24. The summed E-state index contributed by atoms with van der Waals surface area (Å²) in [7, 11) is 6.39. The number of nitrogens with two attached hydrogens (primary N) is 1. The summed E-state index contributed by atoms with van der Waals surface area (Å²) in [5, 5.41) is 2.76. The van der Waals surface area contributed by atoms with E-state index in [2.05, 4.69) is 5.32 Å². The molecule has 1 atom stereocenters. The summed E-state index contributed by atoms with van der Waals surface area (Å²) in [6, 6.07) is 11.5. The normalized spacial score (nSPS) is 11.4. The van der Waals surface area contributed by atoms with Gasteiger partial charge in [0.05, 0.1) is 25.8 Å². The number of anilines is 1. The molecular weight excluding hydrogens is 346 g/mol. The Morgan fingerprint density at radius 2 is 1.74 bits per heavy atom. The number of hydrogen-bond donors (Lipinski definition) is 2. The minimum Gasteiger partial charge on any atom is -0.497 e. The topological polar surface area (TPSA) is 93.9 Å². The molecule has 0 fully saturated rings. The van der Waals surface area contributed by atoms with Gasteiger partial charge in [-0.3, -0.25) is 9.59 Å². The van der Waals surface area contributed by atoms with E-state index in [0.717, 1.165) is 11.3 Å². The first kappa shape index (κ1) is 20.3. The molecule has 0 aromatic heterocycles. The zero-order valence-electron chi connectivity index (χ0n) is 16.0. The van der Waals surface area contributed by atoms with E-state index in [-0.39, 0.29) is 11.8 Å². The van der Waals surface area contributed by atoms with Gasteiger partial charge in [0.25, 0.3) is 5.91 Å². The molecule has 0 aliphatic heterocycles. The van der Waals surface area contributed by atoms with Crippen molar-refractivity contribution in [1.82, 2.24) is 4.90 Å². The molecule has 0 heterocycles. The van der Waals surface area contributed by atoms with Crippen LogP contribution in [-0.4, -0.2) is 51.1 Å². The number of amides is 2. The van der Waals surface area contributed by atoms with Crippen LogP contribution in [0.3, 0.4) is 0 Å². The smallest absolute Gasteiger partial charge is 0.257 e. The average molecular weight is 371 g/mol. The van der Waals surface area contributed by atoms with Gasteiger partial charge in [-0.2, -0.15) is 0 Å². The summed E-state index contributed by atoms with van der Waals surface area (Å²) in [4.78, 5) is 26.2. The summed E-state index contributed by atoms with van der Waals surface area (Å²) >= 11 is 0. The third-order valence-corrected chi connectivity index (χ3v) is 4.06. The van der Waals surface area contributed by atoms with Crippen molar-refractivity contribution in [3.05, 3.63) is 53.6 Å². The van der Waals surface area contributed by atoms with Gasteiger partial charge in [-0.15, -0.1) is 0 Å². The first-order chi connectivity index (χ1) is 12.8. The van der Waals surface area contributed by atoms with E-state index in [1.807, 2.05) is 24.3 Å². The van der Waals surface area contributed by atoms with Crippen molar-refractivity contribution in [3.63, 3.8) is 0 Å². The molecule has 7 nitrogen and oxygen atoms in total. The third-order valence-electron chi connectivity index (χ3n) is 4.06. The van der Waals surface area contributed by atoms with Crippen LogP contribution in [0.25, 0.3) is 0 Å². The number of methoxy groups -OCH3 is 2. The molecule has 144 valence electrons. The SMILES string of the molecule is COc1ccc(C[C@H](N)C(=O)Nc2ccc(OC)c(C(=O)N(C)C)c2)cc1. The van der Waals surface area contributed by atoms with Crippen molar-refractivity contribution < 1.29 is 19.1 Å².